The zero-order valence-corrected chi connectivity index (χ0v) is 14.3. The average Bonchev–Trinajstić information content (AvgIpc) is 2.59. The number of hydrogen-bond donors (Lipinski definition) is 0. The Morgan fingerprint density at radius 1 is 1.04 bits per heavy atom. The van der Waals surface area contributed by atoms with Crippen LogP contribution in [0.5, 0.6) is 5.75 Å². The van der Waals surface area contributed by atoms with Gasteiger partial charge in [-0.1, -0.05) is 49.4 Å². The van der Waals surface area contributed by atoms with Crippen LogP contribution in [0.2, 0.25) is 0 Å². The van der Waals surface area contributed by atoms with E-state index in [9.17, 15) is 4.79 Å². The molecule has 0 aliphatic rings. The quantitative estimate of drug-likeness (QED) is 0.684. The van der Waals surface area contributed by atoms with Crippen LogP contribution >= 0.6 is 0 Å². The van der Waals surface area contributed by atoms with Crippen molar-refractivity contribution >= 4 is 5.78 Å². The Morgan fingerprint density at radius 3 is 2.26 bits per heavy atom. The molecular weight excluding hydrogens is 284 g/mol. The predicted octanol–water partition coefficient (Wildman–Crippen LogP) is 5.03. The van der Waals surface area contributed by atoms with Crippen molar-refractivity contribution in [3.63, 3.8) is 0 Å². The fourth-order valence-corrected chi connectivity index (χ4v) is 3.12. The zero-order valence-electron chi connectivity index (χ0n) is 14.3. The van der Waals surface area contributed by atoms with Crippen LogP contribution in [0.25, 0.3) is 0 Å². The van der Waals surface area contributed by atoms with E-state index in [0.29, 0.717) is 0 Å². The minimum absolute atomic E-state index is 0.0760. The molecule has 2 heteroatoms. The number of ketones is 1. The van der Waals surface area contributed by atoms with Crippen molar-refractivity contribution in [1.29, 1.82) is 0 Å². The molecule has 2 rings (SSSR count). The molecule has 2 aromatic carbocycles. The van der Waals surface area contributed by atoms with Crippen LogP contribution < -0.4 is 4.74 Å². The third-order valence-corrected chi connectivity index (χ3v) is 4.59. The lowest BCUT2D eigenvalue weighted by Gasteiger charge is -2.22. The molecule has 2 nitrogen and oxygen atoms in total. The molecule has 0 aromatic heterocycles. The third kappa shape index (κ3) is 4.95. The van der Waals surface area contributed by atoms with Gasteiger partial charge in [-0.15, -0.1) is 0 Å². The van der Waals surface area contributed by atoms with Gasteiger partial charge in [0.15, 0.2) is 0 Å². The summed E-state index contributed by atoms with van der Waals surface area (Å²) in [7, 11) is 1.67. The van der Waals surface area contributed by atoms with Gasteiger partial charge < -0.3 is 4.74 Å². The van der Waals surface area contributed by atoms with E-state index in [1.54, 1.807) is 14.0 Å². The minimum atomic E-state index is 0.0760. The minimum Gasteiger partial charge on any atom is -0.497 e. The van der Waals surface area contributed by atoms with E-state index in [1.165, 1.54) is 11.1 Å². The number of methoxy groups -OCH3 is 1. The van der Waals surface area contributed by atoms with Crippen molar-refractivity contribution in [1.82, 2.24) is 0 Å². The molecule has 0 amide bonds. The number of carbonyl (C=O) groups is 1. The molecule has 2 atom stereocenters. The van der Waals surface area contributed by atoms with E-state index in [-0.39, 0.29) is 17.6 Å². The first-order chi connectivity index (χ1) is 11.1. The van der Waals surface area contributed by atoms with Gasteiger partial charge in [0.2, 0.25) is 0 Å². The summed E-state index contributed by atoms with van der Waals surface area (Å²) in [5.41, 5.74) is 2.54. The Bertz CT molecular complexity index is 601. The van der Waals surface area contributed by atoms with Crippen molar-refractivity contribution in [2.24, 2.45) is 5.92 Å². The Balaban J connectivity index is 1.97. The molecule has 0 bridgehead atoms. The number of hydrogen-bond acceptors (Lipinski definition) is 2. The van der Waals surface area contributed by atoms with Crippen LogP contribution in [-0.2, 0) is 11.2 Å². The topological polar surface area (TPSA) is 26.3 Å². The second-order valence-corrected chi connectivity index (χ2v) is 6.16. The second-order valence-electron chi connectivity index (χ2n) is 6.16. The maximum atomic E-state index is 12.1. The van der Waals surface area contributed by atoms with Crippen LogP contribution in [0.4, 0.5) is 0 Å². The highest BCUT2D eigenvalue weighted by Crippen LogP contribution is 2.30. The summed E-state index contributed by atoms with van der Waals surface area (Å²) in [4.78, 5) is 12.1. The smallest absolute Gasteiger partial charge is 0.133 e. The normalized spacial score (nSPS) is 13.3. The molecule has 2 aromatic rings. The molecule has 0 radical (unpaired) electrons. The molecule has 0 aliphatic heterocycles. The van der Waals surface area contributed by atoms with Gasteiger partial charge in [-0.3, -0.25) is 4.79 Å². The lowest BCUT2D eigenvalue weighted by atomic mass is 9.81. The van der Waals surface area contributed by atoms with Crippen molar-refractivity contribution in [2.45, 2.75) is 39.0 Å². The predicted molar refractivity (Wildman–Crippen MR) is 95.0 cm³/mol. The van der Waals surface area contributed by atoms with E-state index in [0.717, 1.165) is 25.0 Å². The van der Waals surface area contributed by atoms with Gasteiger partial charge in [-0.25, -0.2) is 0 Å². The molecule has 0 N–H and O–H groups in total. The summed E-state index contributed by atoms with van der Waals surface area (Å²) in [5.74, 6) is 1.44. The van der Waals surface area contributed by atoms with E-state index in [2.05, 4.69) is 43.3 Å². The van der Waals surface area contributed by atoms with E-state index in [4.69, 9.17) is 4.74 Å². The maximum Gasteiger partial charge on any atom is 0.133 e. The molecule has 122 valence electrons. The summed E-state index contributed by atoms with van der Waals surface area (Å²) in [6, 6.07) is 18.5. The molecular formula is C21H26O2. The van der Waals surface area contributed by atoms with Crippen LogP contribution in [-0.4, -0.2) is 12.9 Å². The van der Waals surface area contributed by atoms with Crippen molar-refractivity contribution in [3.05, 3.63) is 65.7 Å². The van der Waals surface area contributed by atoms with Gasteiger partial charge in [0.25, 0.3) is 0 Å². The molecule has 0 saturated carbocycles. The average molecular weight is 310 g/mol. The van der Waals surface area contributed by atoms with Gasteiger partial charge in [-0.2, -0.15) is 0 Å². The summed E-state index contributed by atoms with van der Waals surface area (Å²) in [5, 5.41) is 0. The SMILES string of the molecule is COc1ccc(C(C)[C@@H](CCCc2ccccc2)C(C)=O)cc1. The van der Waals surface area contributed by atoms with Crippen molar-refractivity contribution in [2.75, 3.05) is 7.11 Å². The second kappa shape index (κ2) is 8.52. The van der Waals surface area contributed by atoms with Gasteiger partial charge >= 0.3 is 0 Å². The molecule has 0 fully saturated rings. The van der Waals surface area contributed by atoms with Crippen molar-refractivity contribution < 1.29 is 9.53 Å². The lowest BCUT2D eigenvalue weighted by Crippen LogP contribution is -2.18. The Labute approximate surface area is 139 Å². The Kier molecular flexibility index (Phi) is 6.40. The first-order valence-corrected chi connectivity index (χ1v) is 8.30. The third-order valence-electron chi connectivity index (χ3n) is 4.59. The summed E-state index contributed by atoms with van der Waals surface area (Å²) >= 11 is 0. The molecule has 0 heterocycles. The monoisotopic (exact) mass is 310 g/mol. The van der Waals surface area contributed by atoms with E-state index in [1.807, 2.05) is 18.2 Å². The summed E-state index contributed by atoms with van der Waals surface area (Å²) < 4.78 is 5.20. The van der Waals surface area contributed by atoms with Gasteiger partial charge in [0.1, 0.15) is 11.5 Å². The van der Waals surface area contributed by atoms with Crippen LogP contribution in [0.3, 0.4) is 0 Å². The first kappa shape index (κ1) is 17.3. The largest absolute Gasteiger partial charge is 0.497 e. The van der Waals surface area contributed by atoms with Gasteiger partial charge in [-0.05, 0) is 55.4 Å². The Hall–Kier alpha value is -2.09. The van der Waals surface area contributed by atoms with E-state index >= 15 is 0 Å². The van der Waals surface area contributed by atoms with Crippen molar-refractivity contribution in [3.8, 4) is 5.75 Å². The van der Waals surface area contributed by atoms with Crippen LogP contribution in [0.1, 0.15) is 43.7 Å². The van der Waals surface area contributed by atoms with Gasteiger partial charge in [0, 0.05) is 5.92 Å². The molecule has 0 spiro atoms. The Morgan fingerprint density at radius 2 is 1.70 bits per heavy atom. The first-order valence-electron chi connectivity index (χ1n) is 8.30. The number of aryl methyl sites for hydroxylation is 1. The fourth-order valence-electron chi connectivity index (χ4n) is 3.12. The molecule has 1 unspecified atom stereocenters. The summed E-state index contributed by atoms with van der Waals surface area (Å²) in [6.07, 6.45) is 2.99. The highest BCUT2D eigenvalue weighted by Gasteiger charge is 2.22. The molecule has 0 aliphatic carbocycles. The molecule has 0 saturated heterocycles. The van der Waals surface area contributed by atoms with Crippen LogP contribution in [0.15, 0.2) is 54.6 Å². The number of carbonyl (C=O) groups excluding carboxylic acids is 1. The summed E-state index contributed by atoms with van der Waals surface area (Å²) in [6.45, 7) is 3.86. The standard InChI is InChI=1S/C21H26O2/c1-16(19-12-14-20(23-3)15-13-19)21(17(2)22)11-7-10-18-8-5-4-6-9-18/h4-6,8-9,12-16,21H,7,10-11H2,1-3H3/t16?,21-/m1/s1. The zero-order chi connectivity index (χ0) is 16.7. The van der Waals surface area contributed by atoms with Gasteiger partial charge in [0.05, 0.1) is 7.11 Å². The number of rotatable bonds is 8. The lowest BCUT2D eigenvalue weighted by molar-refractivity contribution is -0.121. The number of Topliss-reactive ketones (excluding diaryl/α,β-unsaturated/α-hetero) is 1. The van der Waals surface area contributed by atoms with E-state index < -0.39 is 0 Å². The fraction of sp³-hybridized carbons (Fsp3) is 0.381. The number of ether oxygens (including phenoxy) is 1. The highest BCUT2D eigenvalue weighted by atomic mass is 16.5. The highest BCUT2D eigenvalue weighted by molar-refractivity contribution is 5.79. The molecule has 23 heavy (non-hydrogen) atoms. The number of benzene rings is 2. The van der Waals surface area contributed by atoms with Crippen LogP contribution in [0, 0.1) is 5.92 Å². The maximum absolute atomic E-state index is 12.1.